The summed E-state index contributed by atoms with van der Waals surface area (Å²) >= 11 is 0. The maximum absolute atomic E-state index is 12.1. The van der Waals surface area contributed by atoms with Gasteiger partial charge in [-0.1, -0.05) is 12.1 Å². The predicted molar refractivity (Wildman–Crippen MR) is 60.4 cm³/mol. The number of anilines is 1. The van der Waals surface area contributed by atoms with Crippen molar-refractivity contribution in [3.05, 3.63) is 29.3 Å². The number of benzene rings is 1. The first-order chi connectivity index (χ1) is 7.78. The zero-order chi connectivity index (χ0) is 11.2. The van der Waals surface area contributed by atoms with Crippen molar-refractivity contribution in [1.29, 1.82) is 0 Å². The van der Waals surface area contributed by atoms with Crippen molar-refractivity contribution in [1.82, 2.24) is 0 Å². The molecule has 0 spiro atoms. The number of hydrogen-bond acceptors (Lipinski definition) is 2. The molecule has 0 fully saturated rings. The number of aldehydes is 1. The van der Waals surface area contributed by atoms with Gasteiger partial charge in [-0.05, 0) is 36.5 Å². The summed E-state index contributed by atoms with van der Waals surface area (Å²) < 4.78 is 0. The van der Waals surface area contributed by atoms with Gasteiger partial charge in [0.25, 0.3) is 0 Å². The van der Waals surface area contributed by atoms with Gasteiger partial charge in [-0.3, -0.25) is 4.79 Å². The van der Waals surface area contributed by atoms with Crippen molar-refractivity contribution in [2.75, 3.05) is 5.32 Å². The number of aryl methyl sites for hydroxylation is 1. The Morgan fingerprint density at radius 2 is 2.31 bits per heavy atom. The molecule has 1 aromatic rings. The molecule has 1 atom stereocenters. The second kappa shape index (κ2) is 3.17. The average molecular weight is 215 g/mol. The number of amides is 1. The van der Waals surface area contributed by atoms with Crippen LogP contribution in [0.1, 0.15) is 30.4 Å². The first kappa shape index (κ1) is 9.58. The largest absolute Gasteiger partial charge is 0.325 e. The summed E-state index contributed by atoms with van der Waals surface area (Å²) in [6, 6.07) is 5.96. The quantitative estimate of drug-likeness (QED) is 0.765. The Bertz CT molecular complexity index is 481. The minimum absolute atomic E-state index is 0.00162. The van der Waals surface area contributed by atoms with Crippen molar-refractivity contribution < 1.29 is 9.59 Å². The van der Waals surface area contributed by atoms with Crippen LogP contribution in [-0.2, 0) is 21.4 Å². The number of carbonyl (C=O) groups is 2. The minimum atomic E-state index is -0.564. The molecule has 82 valence electrons. The Balaban J connectivity index is 2.25. The van der Waals surface area contributed by atoms with E-state index in [-0.39, 0.29) is 5.91 Å². The minimum Gasteiger partial charge on any atom is -0.325 e. The van der Waals surface area contributed by atoms with E-state index in [4.69, 9.17) is 0 Å². The van der Waals surface area contributed by atoms with Crippen LogP contribution in [0.4, 0.5) is 5.69 Å². The molecule has 0 saturated carbocycles. The third-order valence-electron chi connectivity index (χ3n) is 3.79. The first-order valence-corrected chi connectivity index (χ1v) is 5.65. The van der Waals surface area contributed by atoms with Crippen molar-refractivity contribution >= 4 is 17.9 Å². The molecule has 3 rings (SSSR count). The highest BCUT2D eigenvalue weighted by molar-refractivity contribution is 6.08. The molecule has 1 amide bonds. The molecule has 0 saturated heterocycles. The smallest absolute Gasteiger partial charge is 0.235 e. The fraction of sp³-hybridized carbons (Fsp3) is 0.385. The lowest BCUT2D eigenvalue weighted by molar-refractivity contribution is -0.124. The highest BCUT2D eigenvalue weighted by atomic mass is 16.2. The number of hydrogen-bond donors (Lipinski definition) is 1. The molecule has 1 aliphatic heterocycles. The molecule has 0 aromatic heterocycles. The summed E-state index contributed by atoms with van der Waals surface area (Å²) in [6.45, 7) is 0. The van der Waals surface area contributed by atoms with E-state index in [1.807, 2.05) is 12.1 Å². The van der Waals surface area contributed by atoms with E-state index in [9.17, 15) is 9.59 Å². The van der Waals surface area contributed by atoms with E-state index in [1.54, 1.807) is 0 Å². The molecule has 3 nitrogen and oxygen atoms in total. The van der Waals surface area contributed by atoms with Crippen LogP contribution in [0, 0.1) is 0 Å². The molecule has 1 aromatic carbocycles. The van der Waals surface area contributed by atoms with Gasteiger partial charge in [0, 0.05) is 12.1 Å². The van der Waals surface area contributed by atoms with E-state index in [2.05, 4.69) is 11.4 Å². The third kappa shape index (κ3) is 1.03. The van der Waals surface area contributed by atoms with Crippen molar-refractivity contribution in [3.8, 4) is 0 Å². The lowest BCUT2D eigenvalue weighted by atomic mass is 9.69. The molecule has 3 heteroatoms. The Morgan fingerprint density at radius 1 is 1.44 bits per heavy atom. The molecule has 16 heavy (non-hydrogen) atoms. The van der Waals surface area contributed by atoms with Crippen LogP contribution in [-0.4, -0.2) is 12.2 Å². The van der Waals surface area contributed by atoms with Crippen LogP contribution in [0.2, 0.25) is 0 Å². The van der Waals surface area contributed by atoms with Crippen LogP contribution in [0.5, 0.6) is 0 Å². The molecule has 0 unspecified atom stereocenters. The van der Waals surface area contributed by atoms with Crippen LogP contribution < -0.4 is 5.32 Å². The van der Waals surface area contributed by atoms with Crippen LogP contribution in [0.3, 0.4) is 0 Å². The van der Waals surface area contributed by atoms with Crippen LogP contribution in [0.25, 0.3) is 0 Å². The monoisotopic (exact) mass is 215 g/mol. The summed E-state index contributed by atoms with van der Waals surface area (Å²) in [5, 5.41) is 2.91. The third-order valence-corrected chi connectivity index (χ3v) is 3.79. The van der Waals surface area contributed by atoms with Crippen LogP contribution in [0.15, 0.2) is 18.2 Å². The fourth-order valence-electron chi connectivity index (χ4n) is 3.09. The van der Waals surface area contributed by atoms with E-state index in [1.165, 1.54) is 5.56 Å². The lowest BCUT2D eigenvalue weighted by Gasteiger charge is -2.31. The molecule has 1 heterocycles. The molecular formula is C13H13NO2. The van der Waals surface area contributed by atoms with E-state index >= 15 is 0 Å². The summed E-state index contributed by atoms with van der Waals surface area (Å²) in [4.78, 5) is 22.9. The highest BCUT2D eigenvalue weighted by Gasteiger charge is 2.48. The summed E-state index contributed by atoms with van der Waals surface area (Å²) in [7, 11) is 0. The molecular weight excluding hydrogens is 202 g/mol. The topological polar surface area (TPSA) is 46.2 Å². The Labute approximate surface area is 93.8 Å². The maximum atomic E-state index is 12.1. The van der Waals surface area contributed by atoms with Crippen LogP contribution >= 0.6 is 0 Å². The van der Waals surface area contributed by atoms with Gasteiger partial charge in [0.05, 0.1) is 5.41 Å². The second-order valence-electron chi connectivity index (χ2n) is 4.60. The Hall–Kier alpha value is -1.64. The zero-order valence-electron chi connectivity index (χ0n) is 8.95. The highest BCUT2D eigenvalue weighted by Crippen LogP contribution is 2.48. The molecule has 0 radical (unpaired) electrons. The van der Waals surface area contributed by atoms with E-state index in [0.717, 1.165) is 36.8 Å². The van der Waals surface area contributed by atoms with Gasteiger partial charge in [0.1, 0.15) is 6.29 Å². The molecule has 1 aliphatic carbocycles. The van der Waals surface area contributed by atoms with Gasteiger partial charge in [0.2, 0.25) is 5.91 Å². The second-order valence-corrected chi connectivity index (χ2v) is 4.60. The van der Waals surface area contributed by atoms with Gasteiger partial charge in [-0.25, -0.2) is 0 Å². The average Bonchev–Trinajstić information content (AvgIpc) is 2.56. The zero-order valence-corrected chi connectivity index (χ0v) is 8.95. The van der Waals surface area contributed by atoms with Gasteiger partial charge >= 0.3 is 0 Å². The van der Waals surface area contributed by atoms with Crippen molar-refractivity contribution in [3.63, 3.8) is 0 Å². The molecule has 0 bridgehead atoms. The van der Waals surface area contributed by atoms with Gasteiger partial charge in [-0.2, -0.15) is 0 Å². The standard InChI is InChI=1S/C13H13NO2/c15-8-7-13-6-2-4-9-3-1-5-10(11(9)13)14-12(13)16/h1,3,5,8H,2,4,6-7H2,(H,14,16)/t13-/m0/s1. The number of carbonyl (C=O) groups excluding carboxylic acids is 2. The maximum Gasteiger partial charge on any atom is 0.235 e. The number of rotatable bonds is 2. The van der Waals surface area contributed by atoms with E-state index < -0.39 is 5.41 Å². The predicted octanol–water partition coefficient (Wildman–Crippen LogP) is 1.80. The lowest BCUT2D eigenvalue weighted by Crippen LogP contribution is -2.37. The summed E-state index contributed by atoms with van der Waals surface area (Å²) in [5.41, 5.74) is 2.65. The molecule has 2 aliphatic rings. The summed E-state index contributed by atoms with van der Waals surface area (Å²) in [6.07, 6.45) is 3.97. The van der Waals surface area contributed by atoms with Crippen molar-refractivity contribution in [2.24, 2.45) is 0 Å². The SMILES string of the molecule is O=CC[C@@]12CCCc3cccc(c31)NC2=O. The fourth-order valence-corrected chi connectivity index (χ4v) is 3.09. The number of nitrogens with one attached hydrogen (secondary N) is 1. The van der Waals surface area contributed by atoms with E-state index in [0.29, 0.717) is 6.42 Å². The van der Waals surface area contributed by atoms with Gasteiger partial charge in [-0.15, -0.1) is 0 Å². The Kier molecular flexibility index (Phi) is 1.90. The molecule has 1 N–H and O–H groups in total. The van der Waals surface area contributed by atoms with Crippen molar-refractivity contribution in [2.45, 2.75) is 31.1 Å². The Morgan fingerprint density at radius 3 is 3.12 bits per heavy atom. The van der Waals surface area contributed by atoms with Gasteiger partial charge in [0.15, 0.2) is 0 Å². The normalized spacial score (nSPS) is 26.1. The summed E-state index contributed by atoms with van der Waals surface area (Å²) in [5.74, 6) is 0.00162. The van der Waals surface area contributed by atoms with Gasteiger partial charge < -0.3 is 10.1 Å². The first-order valence-electron chi connectivity index (χ1n) is 5.65.